The number of carbonyl (C=O) groups is 1. The fraction of sp³-hybridized carbons (Fsp3) is 0.421. The Balaban J connectivity index is 1.76. The van der Waals surface area contributed by atoms with E-state index in [1.165, 1.54) is 34.9 Å². The summed E-state index contributed by atoms with van der Waals surface area (Å²) in [4.78, 5) is 14.7. The van der Waals surface area contributed by atoms with E-state index in [2.05, 4.69) is 48.2 Å². The van der Waals surface area contributed by atoms with Crippen molar-refractivity contribution in [1.82, 2.24) is 0 Å². The molecule has 0 N–H and O–H groups in total. The number of amides is 1. The van der Waals surface area contributed by atoms with Crippen molar-refractivity contribution in [2.75, 3.05) is 4.90 Å². The molecule has 0 saturated heterocycles. The standard InChI is InChI=1S/C19H21NO/c1-13-6-9-15(10-7-13)20-18-11-8-14-4-2-3-5-16(14)17(18)12-19(20)21/h2-5,8,11,13,15H,6-7,9-10,12H2,1H3. The minimum atomic E-state index is 0.293. The Morgan fingerprint density at radius 3 is 2.57 bits per heavy atom. The van der Waals surface area contributed by atoms with Gasteiger partial charge in [-0.25, -0.2) is 0 Å². The summed E-state index contributed by atoms with van der Waals surface area (Å²) in [5.41, 5.74) is 2.40. The molecule has 1 aliphatic heterocycles. The molecule has 2 aromatic rings. The Kier molecular flexibility index (Phi) is 2.99. The highest BCUT2D eigenvalue weighted by atomic mass is 16.2. The van der Waals surface area contributed by atoms with Crippen molar-refractivity contribution in [2.45, 2.75) is 45.1 Å². The summed E-state index contributed by atoms with van der Waals surface area (Å²) in [5.74, 6) is 1.11. The summed E-state index contributed by atoms with van der Waals surface area (Å²) >= 11 is 0. The van der Waals surface area contributed by atoms with Gasteiger partial charge in [-0.3, -0.25) is 4.79 Å². The molecule has 0 radical (unpaired) electrons. The lowest BCUT2D eigenvalue weighted by molar-refractivity contribution is -0.118. The maximum atomic E-state index is 12.6. The van der Waals surface area contributed by atoms with Crippen LogP contribution < -0.4 is 4.90 Å². The molecular formula is C19H21NO. The van der Waals surface area contributed by atoms with E-state index in [0.29, 0.717) is 18.4 Å². The average molecular weight is 279 g/mol. The van der Waals surface area contributed by atoms with Gasteiger partial charge in [-0.1, -0.05) is 37.3 Å². The lowest BCUT2D eigenvalue weighted by Gasteiger charge is -2.34. The smallest absolute Gasteiger partial charge is 0.231 e. The van der Waals surface area contributed by atoms with Crippen LogP contribution in [0.4, 0.5) is 5.69 Å². The molecule has 21 heavy (non-hydrogen) atoms. The Morgan fingerprint density at radius 1 is 1.00 bits per heavy atom. The van der Waals surface area contributed by atoms with E-state index in [1.54, 1.807) is 0 Å². The van der Waals surface area contributed by atoms with Crippen molar-refractivity contribution < 1.29 is 4.79 Å². The second-order valence-electron chi connectivity index (χ2n) is 6.64. The van der Waals surface area contributed by atoms with Gasteiger partial charge in [0, 0.05) is 11.7 Å². The number of nitrogens with zero attached hydrogens (tertiary/aromatic N) is 1. The number of hydrogen-bond acceptors (Lipinski definition) is 1. The van der Waals surface area contributed by atoms with Gasteiger partial charge in [-0.2, -0.15) is 0 Å². The van der Waals surface area contributed by atoms with Crippen LogP contribution in [0.2, 0.25) is 0 Å². The van der Waals surface area contributed by atoms with Gasteiger partial charge in [0.2, 0.25) is 5.91 Å². The molecule has 0 atom stereocenters. The third kappa shape index (κ3) is 2.05. The van der Waals surface area contributed by atoms with Crippen LogP contribution in [0.15, 0.2) is 36.4 Å². The maximum absolute atomic E-state index is 12.6. The summed E-state index contributed by atoms with van der Waals surface area (Å²) in [6, 6.07) is 13.1. The Labute approximate surface area is 125 Å². The van der Waals surface area contributed by atoms with Gasteiger partial charge >= 0.3 is 0 Å². The van der Waals surface area contributed by atoms with Crippen LogP contribution in [0.5, 0.6) is 0 Å². The molecule has 1 heterocycles. The third-order valence-corrected chi connectivity index (χ3v) is 5.22. The number of rotatable bonds is 1. The quantitative estimate of drug-likeness (QED) is 0.762. The van der Waals surface area contributed by atoms with Crippen molar-refractivity contribution >= 4 is 22.4 Å². The minimum Gasteiger partial charge on any atom is -0.309 e. The summed E-state index contributed by atoms with van der Waals surface area (Å²) in [7, 11) is 0. The minimum absolute atomic E-state index is 0.293. The topological polar surface area (TPSA) is 20.3 Å². The zero-order valence-corrected chi connectivity index (χ0v) is 12.5. The number of anilines is 1. The largest absolute Gasteiger partial charge is 0.309 e. The van der Waals surface area contributed by atoms with E-state index in [9.17, 15) is 4.79 Å². The first-order valence-corrected chi connectivity index (χ1v) is 8.07. The second kappa shape index (κ2) is 4.87. The molecule has 4 rings (SSSR count). The summed E-state index contributed by atoms with van der Waals surface area (Å²) in [6.07, 6.45) is 5.37. The van der Waals surface area contributed by atoms with Crippen LogP contribution in [-0.4, -0.2) is 11.9 Å². The van der Waals surface area contributed by atoms with Crippen molar-refractivity contribution in [3.63, 3.8) is 0 Å². The second-order valence-corrected chi connectivity index (χ2v) is 6.64. The molecule has 1 saturated carbocycles. The lowest BCUT2D eigenvalue weighted by atomic mass is 9.86. The highest BCUT2D eigenvalue weighted by Gasteiger charge is 2.35. The SMILES string of the molecule is CC1CCC(N2C(=O)Cc3c2ccc2ccccc32)CC1. The van der Waals surface area contributed by atoms with Crippen LogP contribution in [0.3, 0.4) is 0 Å². The molecule has 0 unspecified atom stereocenters. The van der Waals surface area contributed by atoms with Crippen LogP contribution in [0.1, 0.15) is 38.2 Å². The lowest BCUT2D eigenvalue weighted by Crippen LogP contribution is -2.40. The van der Waals surface area contributed by atoms with Gasteiger partial charge in [0.15, 0.2) is 0 Å². The van der Waals surface area contributed by atoms with E-state index in [0.717, 1.165) is 18.8 Å². The number of carbonyl (C=O) groups excluding carboxylic acids is 1. The van der Waals surface area contributed by atoms with Crippen LogP contribution in [0.25, 0.3) is 10.8 Å². The summed E-state index contributed by atoms with van der Waals surface area (Å²) in [6.45, 7) is 2.32. The molecule has 2 aliphatic rings. The van der Waals surface area contributed by atoms with Crippen LogP contribution in [-0.2, 0) is 11.2 Å². The molecule has 2 heteroatoms. The molecule has 2 nitrogen and oxygen atoms in total. The summed E-state index contributed by atoms with van der Waals surface area (Å²) < 4.78 is 0. The van der Waals surface area contributed by atoms with Gasteiger partial charge in [-0.05, 0) is 54.0 Å². The van der Waals surface area contributed by atoms with Crippen LogP contribution >= 0.6 is 0 Å². The maximum Gasteiger partial charge on any atom is 0.231 e. The Morgan fingerprint density at radius 2 is 1.76 bits per heavy atom. The highest BCUT2D eigenvalue weighted by molar-refractivity contribution is 6.07. The Hall–Kier alpha value is -1.83. The van der Waals surface area contributed by atoms with Crippen molar-refractivity contribution in [3.05, 3.63) is 42.0 Å². The molecule has 1 amide bonds. The van der Waals surface area contributed by atoms with Crippen molar-refractivity contribution in [1.29, 1.82) is 0 Å². The fourth-order valence-corrected chi connectivity index (χ4v) is 4.01. The number of benzene rings is 2. The predicted molar refractivity (Wildman–Crippen MR) is 86.6 cm³/mol. The Bertz CT molecular complexity index is 698. The van der Waals surface area contributed by atoms with E-state index < -0.39 is 0 Å². The van der Waals surface area contributed by atoms with Gasteiger partial charge in [0.25, 0.3) is 0 Å². The van der Waals surface area contributed by atoms with E-state index in [-0.39, 0.29) is 0 Å². The number of fused-ring (bicyclic) bond motifs is 3. The number of hydrogen-bond donors (Lipinski definition) is 0. The van der Waals surface area contributed by atoms with Crippen molar-refractivity contribution in [2.24, 2.45) is 5.92 Å². The fourth-order valence-electron chi connectivity index (χ4n) is 4.01. The van der Waals surface area contributed by atoms with E-state index in [1.807, 2.05) is 0 Å². The molecular weight excluding hydrogens is 258 g/mol. The van der Waals surface area contributed by atoms with Gasteiger partial charge in [0.05, 0.1) is 6.42 Å². The first-order chi connectivity index (χ1) is 10.2. The molecule has 108 valence electrons. The molecule has 0 spiro atoms. The van der Waals surface area contributed by atoms with Crippen LogP contribution in [0, 0.1) is 5.92 Å². The monoisotopic (exact) mass is 279 g/mol. The predicted octanol–water partition coefficient (Wildman–Crippen LogP) is 4.31. The average Bonchev–Trinajstić information content (AvgIpc) is 2.85. The zero-order valence-electron chi connectivity index (χ0n) is 12.5. The zero-order chi connectivity index (χ0) is 14.4. The third-order valence-electron chi connectivity index (χ3n) is 5.22. The van der Waals surface area contributed by atoms with Gasteiger partial charge < -0.3 is 4.90 Å². The molecule has 1 aliphatic carbocycles. The van der Waals surface area contributed by atoms with Crippen molar-refractivity contribution in [3.8, 4) is 0 Å². The first-order valence-electron chi connectivity index (χ1n) is 8.07. The van der Waals surface area contributed by atoms with Gasteiger partial charge in [-0.15, -0.1) is 0 Å². The normalized spacial score (nSPS) is 25.4. The summed E-state index contributed by atoms with van der Waals surface area (Å²) in [5, 5.41) is 2.48. The first kappa shape index (κ1) is 12.9. The molecule has 0 bridgehead atoms. The molecule has 0 aromatic heterocycles. The molecule has 1 fully saturated rings. The van der Waals surface area contributed by atoms with E-state index in [4.69, 9.17) is 0 Å². The highest BCUT2D eigenvalue weighted by Crippen LogP contribution is 2.39. The van der Waals surface area contributed by atoms with E-state index >= 15 is 0 Å². The molecule has 2 aromatic carbocycles. The van der Waals surface area contributed by atoms with Gasteiger partial charge in [0.1, 0.15) is 0 Å².